The second kappa shape index (κ2) is 5.56. The van der Waals surface area contributed by atoms with Crippen LogP contribution in [0.25, 0.3) is 0 Å². The number of nitrogens with one attached hydrogen (secondary N) is 1. The quantitative estimate of drug-likeness (QED) is 0.449. The average Bonchev–Trinajstić information content (AvgIpc) is 2.18. The van der Waals surface area contributed by atoms with E-state index in [4.69, 9.17) is 10.6 Å². The normalized spacial score (nSPS) is 22.9. The van der Waals surface area contributed by atoms with E-state index >= 15 is 0 Å². The first kappa shape index (κ1) is 14.8. The van der Waals surface area contributed by atoms with E-state index in [-0.39, 0.29) is 18.5 Å². The molecule has 0 unspecified atom stereocenters. The average molecular weight is 257 g/mol. The number of ether oxygens (including phenoxy) is 1. The molecule has 0 aromatic heterocycles. The first-order chi connectivity index (χ1) is 8.23. The third-order valence-corrected chi connectivity index (χ3v) is 2.89. The fourth-order valence-electron chi connectivity index (χ4n) is 1.98. The minimum atomic E-state index is -0.566. The summed E-state index contributed by atoms with van der Waals surface area (Å²) in [7, 11) is 0. The highest BCUT2D eigenvalue weighted by Crippen LogP contribution is 2.31. The van der Waals surface area contributed by atoms with Crippen LogP contribution in [0.2, 0.25) is 0 Å². The van der Waals surface area contributed by atoms with Gasteiger partial charge in [-0.2, -0.15) is 0 Å². The molecule has 0 radical (unpaired) electrons. The molecular formula is C12H23N3O3. The summed E-state index contributed by atoms with van der Waals surface area (Å²) >= 11 is 0. The monoisotopic (exact) mass is 257 g/mol. The minimum Gasteiger partial charge on any atom is -0.444 e. The lowest BCUT2D eigenvalue weighted by Crippen LogP contribution is -2.53. The van der Waals surface area contributed by atoms with Gasteiger partial charge in [0.05, 0.1) is 0 Å². The Kier molecular flexibility index (Phi) is 4.56. The Bertz CT molecular complexity index is 319. The number of hydrogen-bond donors (Lipinski definition) is 2. The predicted octanol–water partition coefficient (Wildman–Crippen LogP) is 1.01. The Hall–Kier alpha value is -1.30. The number of carbonyl (C=O) groups excluding carboxylic acids is 2. The van der Waals surface area contributed by atoms with Crippen molar-refractivity contribution in [2.75, 3.05) is 6.54 Å². The second-order valence-corrected chi connectivity index (χ2v) is 5.91. The zero-order valence-electron chi connectivity index (χ0n) is 11.5. The third kappa shape index (κ3) is 4.18. The van der Waals surface area contributed by atoms with Crippen LogP contribution in [-0.2, 0) is 9.53 Å². The zero-order valence-corrected chi connectivity index (χ0v) is 11.5. The van der Waals surface area contributed by atoms with E-state index in [2.05, 4.69) is 6.92 Å². The highest BCUT2D eigenvalue weighted by Gasteiger charge is 2.36. The second-order valence-electron chi connectivity index (χ2n) is 5.91. The third-order valence-electron chi connectivity index (χ3n) is 2.89. The van der Waals surface area contributed by atoms with Crippen molar-refractivity contribution in [3.05, 3.63) is 0 Å². The molecule has 1 aliphatic carbocycles. The van der Waals surface area contributed by atoms with E-state index in [9.17, 15) is 9.59 Å². The molecule has 1 rings (SSSR count). The van der Waals surface area contributed by atoms with Crippen LogP contribution in [0.5, 0.6) is 0 Å². The number of hydrazine groups is 1. The molecule has 0 spiro atoms. The summed E-state index contributed by atoms with van der Waals surface area (Å²) < 4.78 is 5.30. The molecular weight excluding hydrogens is 234 g/mol. The largest absolute Gasteiger partial charge is 0.444 e. The lowest BCUT2D eigenvalue weighted by molar-refractivity contribution is -0.123. The lowest BCUT2D eigenvalue weighted by Gasteiger charge is -2.41. The van der Waals surface area contributed by atoms with Gasteiger partial charge in [-0.05, 0) is 39.5 Å². The van der Waals surface area contributed by atoms with Crippen molar-refractivity contribution in [2.24, 2.45) is 11.8 Å². The number of hydrogen-bond acceptors (Lipinski definition) is 4. The molecule has 0 aliphatic heterocycles. The first-order valence-corrected chi connectivity index (χ1v) is 6.22. The highest BCUT2D eigenvalue weighted by atomic mass is 16.6. The Labute approximate surface area is 108 Å². The van der Waals surface area contributed by atoms with Gasteiger partial charge in [0.1, 0.15) is 12.1 Å². The van der Waals surface area contributed by atoms with E-state index < -0.39 is 11.7 Å². The van der Waals surface area contributed by atoms with Crippen LogP contribution in [0.3, 0.4) is 0 Å². The van der Waals surface area contributed by atoms with E-state index in [1.54, 1.807) is 20.8 Å². The van der Waals surface area contributed by atoms with Gasteiger partial charge >= 0.3 is 6.09 Å². The van der Waals surface area contributed by atoms with Crippen molar-refractivity contribution < 1.29 is 14.3 Å². The molecule has 1 fully saturated rings. The number of rotatable bonds is 3. The van der Waals surface area contributed by atoms with Gasteiger partial charge in [0, 0.05) is 6.04 Å². The minimum absolute atomic E-state index is 0.0528. The van der Waals surface area contributed by atoms with Crippen LogP contribution in [0.1, 0.15) is 40.5 Å². The van der Waals surface area contributed by atoms with Gasteiger partial charge in [0.15, 0.2) is 0 Å². The molecule has 6 nitrogen and oxygen atoms in total. The van der Waals surface area contributed by atoms with Crippen LogP contribution in [0, 0.1) is 5.92 Å². The van der Waals surface area contributed by atoms with Crippen LogP contribution in [-0.4, -0.2) is 35.1 Å². The smallest absolute Gasteiger partial charge is 0.411 e. The fraction of sp³-hybridized carbons (Fsp3) is 0.833. The zero-order chi connectivity index (χ0) is 13.9. The number of nitrogens with two attached hydrogens (primary N) is 1. The maximum atomic E-state index is 12.0. The highest BCUT2D eigenvalue weighted by molar-refractivity contribution is 5.82. The molecule has 104 valence electrons. The van der Waals surface area contributed by atoms with Crippen molar-refractivity contribution in [1.29, 1.82) is 0 Å². The van der Waals surface area contributed by atoms with Gasteiger partial charge in [-0.25, -0.2) is 10.6 Å². The molecule has 0 atom stereocenters. The van der Waals surface area contributed by atoms with Gasteiger partial charge in [-0.15, -0.1) is 0 Å². The van der Waals surface area contributed by atoms with Crippen LogP contribution in [0.4, 0.5) is 4.79 Å². The molecule has 1 aliphatic rings. The number of carbonyl (C=O) groups is 2. The van der Waals surface area contributed by atoms with E-state index in [0.29, 0.717) is 5.92 Å². The Morgan fingerprint density at radius 2 is 1.94 bits per heavy atom. The predicted molar refractivity (Wildman–Crippen MR) is 67.5 cm³/mol. The van der Waals surface area contributed by atoms with Gasteiger partial charge < -0.3 is 4.74 Å². The molecule has 3 N–H and O–H groups in total. The first-order valence-electron chi connectivity index (χ1n) is 6.22. The summed E-state index contributed by atoms with van der Waals surface area (Å²) in [6.07, 6.45) is 1.34. The van der Waals surface area contributed by atoms with Gasteiger partial charge in [-0.1, -0.05) is 6.92 Å². The van der Waals surface area contributed by atoms with Crippen molar-refractivity contribution in [2.45, 2.75) is 52.2 Å². The van der Waals surface area contributed by atoms with Gasteiger partial charge in [0.2, 0.25) is 0 Å². The summed E-state index contributed by atoms with van der Waals surface area (Å²) in [4.78, 5) is 24.8. The summed E-state index contributed by atoms with van der Waals surface area (Å²) in [6.45, 7) is 7.47. The van der Waals surface area contributed by atoms with Crippen molar-refractivity contribution in [1.82, 2.24) is 10.3 Å². The van der Waals surface area contributed by atoms with E-state index in [1.807, 2.05) is 5.43 Å². The van der Waals surface area contributed by atoms with Crippen molar-refractivity contribution >= 4 is 12.0 Å². The molecule has 18 heavy (non-hydrogen) atoms. The molecule has 0 aromatic carbocycles. The number of nitrogens with zero attached hydrogens (tertiary/aromatic N) is 1. The lowest BCUT2D eigenvalue weighted by atomic mass is 9.81. The van der Waals surface area contributed by atoms with Crippen molar-refractivity contribution in [3.63, 3.8) is 0 Å². The molecule has 1 saturated carbocycles. The molecule has 6 heteroatoms. The fourth-order valence-corrected chi connectivity index (χ4v) is 1.98. The number of amides is 2. The molecule has 0 aromatic rings. The topological polar surface area (TPSA) is 84.7 Å². The van der Waals surface area contributed by atoms with E-state index in [0.717, 1.165) is 12.8 Å². The maximum Gasteiger partial charge on any atom is 0.411 e. The molecule has 0 bridgehead atoms. The summed E-state index contributed by atoms with van der Waals surface area (Å²) in [6, 6.07) is 0.0761. The van der Waals surface area contributed by atoms with Crippen LogP contribution < -0.4 is 11.3 Å². The van der Waals surface area contributed by atoms with Crippen molar-refractivity contribution in [3.8, 4) is 0 Å². The Morgan fingerprint density at radius 1 is 1.39 bits per heavy atom. The summed E-state index contributed by atoms with van der Waals surface area (Å²) in [5, 5.41) is 0. The Balaban J connectivity index is 2.65. The van der Waals surface area contributed by atoms with E-state index in [1.165, 1.54) is 4.90 Å². The molecule has 2 amide bonds. The van der Waals surface area contributed by atoms with Gasteiger partial charge in [0.25, 0.3) is 5.91 Å². The Morgan fingerprint density at radius 3 is 2.33 bits per heavy atom. The van der Waals surface area contributed by atoms with Crippen LogP contribution >= 0.6 is 0 Å². The molecule has 0 saturated heterocycles. The maximum absolute atomic E-state index is 12.0. The SMILES string of the molecule is CC1CC(N(CC(=O)NN)C(=O)OC(C)(C)C)C1. The molecule has 0 heterocycles. The van der Waals surface area contributed by atoms with Crippen LogP contribution in [0.15, 0.2) is 0 Å². The summed E-state index contributed by atoms with van der Waals surface area (Å²) in [5.74, 6) is 5.25. The van der Waals surface area contributed by atoms with Gasteiger partial charge in [-0.3, -0.25) is 15.1 Å². The standard InChI is InChI=1S/C12H23N3O3/c1-8-5-9(6-8)15(7-10(16)14-13)11(17)18-12(2,3)4/h8-9H,5-7,13H2,1-4H3,(H,14,16). The summed E-state index contributed by atoms with van der Waals surface area (Å²) in [5.41, 5.74) is 1.47.